The van der Waals surface area contributed by atoms with E-state index in [1.54, 1.807) is 17.0 Å². The van der Waals surface area contributed by atoms with Crippen molar-refractivity contribution < 1.29 is 14.6 Å². The van der Waals surface area contributed by atoms with Crippen LogP contribution in [0.1, 0.15) is 23.5 Å². The second kappa shape index (κ2) is 7.72. The zero-order valence-corrected chi connectivity index (χ0v) is 17.1. The number of aryl methyl sites for hydroxylation is 1. The molecule has 2 aliphatic heterocycles. The Morgan fingerprint density at radius 1 is 1.28 bits per heavy atom. The molecule has 2 aromatic rings. The third-order valence-corrected chi connectivity index (χ3v) is 6.42. The van der Waals surface area contributed by atoms with Crippen LogP contribution in [0.5, 0.6) is 11.5 Å². The number of hydrogen-bond donors (Lipinski definition) is 1. The molecule has 0 spiro atoms. The molecule has 0 bridgehead atoms. The molecule has 1 fully saturated rings. The summed E-state index contributed by atoms with van der Waals surface area (Å²) in [6, 6.07) is 15.5. The van der Waals surface area contributed by atoms with Crippen LogP contribution >= 0.6 is 11.8 Å². The van der Waals surface area contributed by atoms with Crippen molar-refractivity contribution in [3.8, 4) is 17.6 Å². The van der Waals surface area contributed by atoms with Crippen molar-refractivity contribution in [3.05, 3.63) is 64.2 Å². The molecule has 7 heteroatoms. The molecule has 2 aromatic carbocycles. The predicted molar refractivity (Wildman–Crippen MR) is 112 cm³/mol. The summed E-state index contributed by atoms with van der Waals surface area (Å²) in [5, 5.41) is 20.5. The Morgan fingerprint density at radius 2 is 2.10 bits per heavy atom. The van der Waals surface area contributed by atoms with Crippen molar-refractivity contribution in [1.82, 2.24) is 4.90 Å². The van der Waals surface area contributed by atoms with E-state index in [2.05, 4.69) is 17.0 Å². The van der Waals surface area contributed by atoms with Gasteiger partial charge in [-0.15, -0.1) is 0 Å². The number of carbonyl (C=O) groups is 1. The summed E-state index contributed by atoms with van der Waals surface area (Å²) in [5.74, 6) is 0.681. The van der Waals surface area contributed by atoms with Gasteiger partial charge in [0.15, 0.2) is 11.5 Å². The van der Waals surface area contributed by atoms with E-state index in [0.29, 0.717) is 23.9 Å². The quantitative estimate of drug-likeness (QED) is 0.831. The average Bonchev–Trinajstić information content (AvgIpc) is 2.74. The number of anilines is 1. The number of benzene rings is 2. The fourth-order valence-corrected chi connectivity index (χ4v) is 4.91. The summed E-state index contributed by atoms with van der Waals surface area (Å²) < 4.78 is 5.20. The van der Waals surface area contributed by atoms with Gasteiger partial charge in [0.1, 0.15) is 0 Å². The van der Waals surface area contributed by atoms with Gasteiger partial charge >= 0.3 is 0 Å². The van der Waals surface area contributed by atoms with Crippen LogP contribution in [0.2, 0.25) is 0 Å². The molecule has 6 nitrogen and oxygen atoms in total. The third-order valence-electron chi connectivity index (χ3n) is 5.27. The van der Waals surface area contributed by atoms with Crippen molar-refractivity contribution in [1.29, 1.82) is 5.26 Å². The standard InChI is InChI=1S/C22H21N3O3S/c1-14-4-3-5-16(8-14)24-12-25-21(27)10-17(18(11-23)22(25)29-13-24)15-6-7-19(26)20(9-15)28-2/h3-9,17,26H,10,12-13H2,1-2H3/t17-/m1/s1. The van der Waals surface area contributed by atoms with E-state index in [1.807, 2.05) is 25.1 Å². The Kier molecular flexibility index (Phi) is 5.12. The molecular weight excluding hydrogens is 386 g/mol. The molecule has 0 unspecified atom stereocenters. The number of nitrogens with zero attached hydrogens (tertiary/aromatic N) is 3. The number of amides is 1. The fourth-order valence-electron chi connectivity index (χ4n) is 3.75. The first-order valence-corrected chi connectivity index (χ1v) is 10.3. The lowest BCUT2D eigenvalue weighted by Crippen LogP contribution is -2.47. The van der Waals surface area contributed by atoms with Crippen LogP contribution in [0, 0.1) is 18.3 Å². The van der Waals surface area contributed by atoms with E-state index in [1.165, 1.54) is 24.9 Å². The summed E-state index contributed by atoms with van der Waals surface area (Å²) in [6.45, 7) is 2.48. The van der Waals surface area contributed by atoms with Gasteiger partial charge in [-0.2, -0.15) is 5.26 Å². The number of rotatable bonds is 3. The number of carbonyl (C=O) groups excluding carboxylic acids is 1. The minimum absolute atomic E-state index is 0.0131. The van der Waals surface area contributed by atoms with Crippen LogP contribution < -0.4 is 9.64 Å². The van der Waals surface area contributed by atoms with Gasteiger partial charge in [-0.1, -0.05) is 30.0 Å². The Morgan fingerprint density at radius 3 is 2.83 bits per heavy atom. The Hall–Kier alpha value is -3.11. The van der Waals surface area contributed by atoms with Gasteiger partial charge in [-0.25, -0.2) is 0 Å². The van der Waals surface area contributed by atoms with E-state index >= 15 is 0 Å². The lowest BCUT2D eigenvalue weighted by Gasteiger charge is -2.42. The summed E-state index contributed by atoms with van der Waals surface area (Å²) in [6.07, 6.45) is 0.211. The summed E-state index contributed by atoms with van der Waals surface area (Å²) in [4.78, 5) is 16.8. The topological polar surface area (TPSA) is 76.8 Å². The van der Waals surface area contributed by atoms with E-state index in [0.717, 1.165) is 21.8 Å². The molecule has 2 aliphatic rings. The highest BCUT2D eigenvalue weighted by Gasteiger charge is 2.38. The molecule has 29 heavy (non-hydrogen) atoms. The van der Waals surface area contributed by atoms with Gasteiger partial charge in [0, 0.05) is 18.0 Å². The smallest absolute Gasteiger partial charge is 0.229 e. The maximum Gasteiger partial charge on any atom is 0.229 e. The van der Waals surface area contributed by atoms with Crippen LogP contribution in [0.3, 0.4) is 0 Å². The lowest BCUT2D eigenvalue weighted by atomic mass is 9.86. The molecule has 0 aromatic heterocycles. The Bertz CT molecular complexity index is 1040. The van der Waals surface area contributed by atoms with E-state index in [4.69, 9.17) is 4.74 Å². The lowest BCUT2D eigenvalue weighted by molar-refractivity contribution is -0.129. The molecule has 148 valence electrons. The second-order valence-electron chi connectivity index (χ2n) is 7.13. The summed E-state index contributed by atoms with van der Waals surface area (Å²) >= 11 is 1.51. The van der Waals surface area contributed by atoms with Gasteiger partial charge < -0.3 is 14.7 Å². The number of ether oxygens (including phenoxy) is 1. The zero-order valence-electron chi connectivity index (χ0n) is 16.3. The number of aromatic hydroxyl groups is 1. The highest BCUT2D eigenvalue weighted by Crippen LogP contribution is 2.44. The van der Waals surface area contributed by atoms with Crippen LogP contribution in [0.15, 0.2) is 53.1 Å². The molecule has 0 aliphatic carbocycles. The normalized spacial score (nSPS) is 19.1. The number of phenolic OH excluding ortho intramolecular Hbond substituents is 1. The molecule has 2 heterocycles. The van der Waals surface area contributed by atoms with Gasteiger partial charge in [-0.05, 0) is 42.3 Å². The molecule has 1 saturated heterocycles. The number of phenols is 1. The Balaban J connectivity index is 1.68. The van der Waals surface area contributed by atoms with Crippen LogP contribution in [0.25, 0.3) is 0 Å². The van der Waals surface area contributed by atoms with Crippen molar-refractivity contribution in [3.63, 3.8) is 0 Å². The molecule has 1 N–H and O–H groups in total. The van der Waals surface area contributed by atoms with Crippen LogP contribution in [-0.4, -0.2) is 35.6 Å². The second-order valence-corrected chi connectivity index (χ2v) is 8.07. The van der Waals surface area contributed by atoms with Crippen molar-refractivity contribution in [2.24, 2.45) is 0 Å². The van der Waals surface area contributed by atoms with Crippen LogP contribution in [0.4, 0.5) is 5.69 Å². The van der Waals surface area contributed by atoms with Crippen molar-refractivity contribution in [2.75, 3.05) is 24.6 Å². The fraction of sp³-hybridized carbons (Fsp3) is 0.273. The molecule has 1 atom stereocenters. The molecule has 4 rings (SSSR count). The molecule has 1 amide bonds. The number of nitriles is 1. The van der Waals surface area contributed by atoms with Gasteiger partial charge in [0.2, 0.25) is 5.91 Å². The number of allylic oxidation sites excluding steroid dienone is 1. The number of methoxy groups -OCH3 is 1. The van der Waals surface area contributed by atoms with Crippen molar-refractivity contribution in [2.45, 2.75) is 19.3 Å². The summed E-state index contributed by atoms with van der Waals surface area (Å²) in [5.41, 5.74) is 3.61. The zero-order chi connectivity index (χ0) is 20.5. The third kappa shape index (κ3) is 3.52. The minimum atomic E-state index is -0.341. The highest BCUT2D eigenvalue weighted by atomic mass is 32.2. The van der Waals surface area contributed by atoms with Gasteiger partial charge in [0.05, 0.1) is 36.3 Å². The molecule has 0 saturated carbocycles. The SMILES string of the molecule is COc1cc([C@H]2CC(=O)N3CN(c4cccc(C)c4)CSC3=C2C#N)ccc1O. The highest BCUT2D eigenvalue weighted by molar-refractivity contribution is 8.03. The largest absolute Gasteiger partial charge is 0.504 e. The first-order chi connectivity index (χ1) is 14.0. The maximum absolute atomic E-state index is 13.0. The van der Waals surface area contributed by atoms with E-state index in [-0.39, 0.29) is 24.0 Å². The first kappa shape index (κ1) is 19.2. The first-order valence-electron chi connectivity index (χ1n) is 9.27. The maximum atomic E-state index is 13.0. The number of hydrogen-bond acceptors (Lipinski definition) is 6. The van der Waals surface area contributed by atoms with Crippen LogP contribution in [-0.2, 0) is 4.79 Å². The minimum Gasteiger partial charge on any atom is -0.504 e. The number of fused-ring (bicyclic) bond motifs is 1. The average molecular weight is 407 g/mol. The molecule has 0 radical (unpaired) electrons. The number of thioether (sulfide) groups is 1. The van der Waals surface area contributed by atoms with Crippen molar-refractivity contribution >= 4 is 23.4 Å². The van der Waals surface area contributed by atoms with E-state index < -0.39 is 0 Å². The van der Waals surface area contributed by atoms with E-state index in [9.17, 15) is 15.2 Å². The van der Waals surface area contributed by atoms with Gasteiger partial charge in [-0.3, -0.25) is 9.69 Å². The Labute approximate surface area is 174 Å². The summed E-state index contributed by atoms with van der Waals surface area (Å²) in [7, 11) is 1.48. The monoisotopic (exact) mass is 407 g/mol. The van der Waals surface area contributed by atoms with Gasteiger partial charge in [0.25, 0.3) is 0 Å². The molecular formula is C22H21N3O3S. The predicted octanol–water partition coefficient (Wildman–Crippen LogP) is 3.93.